The molecule has 3 amide bonds. The van der Waals surface area contributed by atoms with Gasteiger partial charge >= 0.3 is 5.97 Å². The van der Waals surface area contributed by atoms with Gasteiger partial charge in [-0.3, -0.25) is 24.1 Å². The summed E-state index contributed by atoms with van der Waals surface area (Å²) in [4.78, 5) is 49.9. The number of esters is 1. The molecule has 3 rings (SSSR count). The van der Waals surface area contributed by atoms with Crippen molar-refractivity contribution in [1.29, 1.82) is 0 Å². The van der Waals surface area contributed by atoms with Gasteiger partial charge in [-0.05, 0) is 42.5 Å². The number of fused-ring (bicyclic) bond motifs is 1. The van der Waals surface area contributed by atoms with Gasteiger partial charge in [-0.25, -0.2) is 0 Å². The fraction of sp³-hybridized carbons (Fsp3) is 0.333. The summed E-state index contributed by atoms with van der Waals surface area (Å²) in [5.74, 6) is -1.38. The van der Waals surface area contributed by atoms with E-state index < -0.39 is 11.9 Å². The standard InChI is InChI=1S/C24H26N2O5/c1-3-16(2)17-9-6-7-12-20(17)25-21(27)15-31-22(28)13-8-14-26-23(29)18-10-4-5-11-19(18)24(26)30/h4-7,9-12,16H,3,8,13-15H2,1-2H3,(H,25,27)/t16-/m0/s1. The summed E-state index contributed by atoms with van der Waals surface area (Å²) < 4.78 is 5.04. The number of imide groups is 1. The Morgan fingerprint density at radius 2 is 1.61 bits per heavy atom. The van der Waals surface area contributed by atoms with Gasteiger partial charge in [0.25, 0.3) is 17.7 Å². The highest BCUT2D eigenvalue weighted by Crippen LogP contribution is 2.26. The molecule has 1 aliphatic heterocycles. The van der Waals surface area contributed by atoms with Crippen molar-refractivity contribution in [1.82, 2.24) is 4.90 Å². The van der Waals surface area contributed by atoms with Crippen LogP contribution in [0.15, 0.2) is 48.5 Å². The maximum atomic E-state index is 12.3. The van der Waals surface area contributed by atoms with E-state index >= 15 is 0 Å². The number of amides is 3. The first-order valence-corrected chi connectivity index (χ1v) is 10.4. The minimum atomic E-state index is -0.554. The normalized spacial score (nSPS) is 13.7. The number of ether oxygens (including phenoxy) is 1. The molecule has 0 saturated heterocycles. The summed E-state index contributed by atoms with van der Waals surface area (Å²) in [6.07, 6.45) is 1.21. The lowest BCUT2D eigenvalue weighted by atomic mass is 9.97. The number of benzene rings is 2. The lowest BCUT2D eigenvalue weighted by Crippen LogP contribution is -2.31. The number of hydrogen-bond donors (Lipinski definition) is 1. The van der Waals surface area contributed by atoms with Crippen LogP contribution in [0, 0.1) is 0 Å². The fourth-order valence-electron chi connectivity index (χ4n) is 3.49. The SMILES string of the molecule is CC[C@H](C)c1ccccc1NC(=O)COC(=O)CCCN1C(=O)c2ccccc2C1=O. The van der Waals surface area contributed by atoms with Crippen LogP contribution < -0.4 is 5.32 Å². The van der Waals surface area contributed by atoms with Crippen LogP contribution in [0.3, 0.4) is 0 Å². The minimum Gasteiger partial charge on any atom is -0.456 e. The molecule has 0 spiro atoms. The largest absolute Gasteiger partial charge is 0.456 e. The van der Waals surface area contributed by atoms with E-state index in [1.807, 2.05) is 24.3 Å². The number of nitrogens with zero attached hydrogens (tertiary/aromatic N) is 1. The monoisotopic (exact) mass is 422 g/mol. The number of hydrogen-bond acceptors (Lipinski definition) is 5. The molecule has 0 aliphatic carbocycles. The van der Waals surface area contributed by atoms with Crippen molar-refractivity contribution < 1.29 is 23.9 Å². The third-order valence-corrected chi connectivity index (χ3v) is 5.38. The average molecular weight is 422 g/mol. The highest BCUT2D eigenvalue weighted by Gasteiger charge is 2.34. The van der Waals surface area contributed by atoms with E-state index in [-0.39, 0.29) is 37.8 Å². The van der Waals surface area contributed by atoms with Gasteiger partial charge in [0, 0.05) is 18.7 Å². The van der Waals surface area contributed by atoms with E-state index in [0.29, 0.717) is 22.7 Å². The molecular formula is C24H26N2O5. The van der Waals surface area contributed by atoms with E-state index in [4.69, 9.17) is 4.74 Å². The Hall–Kier alpha value is -3.48. The van der Waals surface area contributed by atoms with Gasteiger partial charge in [0.15, 0.2) is 6.61 Å². The summed E-state index contributed by atoms with van der Waals surface area (Å²) in [5.41, 5.74) is 2.50. The second-order valence-corrected chi connectivity index (χ2v) is 7.52. The first-order valence-electron chi connectivity index (χ1n) is 10.4. The Morgan fingerprint density at radius 1 is 1.00 bits per heavy atom. The number of para-hydroxylation sites is 1. The topological polar surface area (TPSA) is 92.8 Å². The second-order valence-electron chi connectivity index (χ2n) is 7.52. The van der Waals surface area contributed by atoms with E-state index in [1.54, 1.807) is 24.3 Å². The predicted octanol–water partition coefficient (Wildman–Crippen LogP) is 3.76. The molecule has 1 heterocycles. The smallest absolute Gasteiger partial charge is 0.306 e. The van der Waals surface area contributed by atoms with Gasteiger partial charge in [0.2, 0.25) is 0 Å². The molecule has 0 bridgehead atoms. The summed E-state index contributed by atoms with van der Waals surface area (Å²) in [6.45, 7) is 3.89. The fourth-order valence-corrected chi connectivity index (χ4v) is 3.49. The lowest BCUT2D eigenvalue weighted by Gasteiger charge is -2.15. The van der Waals surface area contributed by atoms with E-state index in [9.17, 15) is 19.2 Å². The maximum Gasteiger partial charge on any atom is 0.306 e. The Balaban J connectivity index is 1.43. The van der Waals surface area contributed by atoms with Gasteiger partial charge in [-0.1, -0.05) is 44.2 Å². The lowest BCUT2D eigenvalue weighted by molar-refractivity contribution is -0.147. The zero-order valence-corrected chi connectivity index (χ0v) is 17.7. The van der Waals surface area contributed by atoms with E-state index in [0.717, 1.165) is 16.9 Å². The van der Waals surface area contributed by atoms with Gasteiger partial charge in [0.05, 0.1) is 11.1 Å². The Kier molecular flexibility index (Phi) is 7.18. The third-order valence-electron chi connectivity index (χ3n) is 5.38. The molecule has 2 aromatic rings. The number of nitrogens with one attached hydrogen (secondary N) is 1. The number of rotatable bonds is 9. The Morgan fingerprint density at radius 3 is 2.26 bits per heavy atom. The molecule has 1 atom stereocenters. The van der Waals surface area contributed by atoms with E-state index in [2.05, 4.69) is 19.2 Å². The Bertz CT molecular complexity index is 966. The van der Waals surface area contributed by atoms with Crippen molar-refractivity contribution in [2.75, 3.05) is 18.5 Å². The van der Waals surface area contributed by atoms with Crippen LogP contribution >= 0.6 is 0 Å². The molecule has 2 aromatic carbocycles. The first-order chi connectivity index (χ1) is 14.9. The van der Waals surface area contributed by atoms with Crippen LogP contribution in [0.2, 0.25) is 0 Å². The van der Waals surface area contributed by atoms with Gasteiger partial charge in [-0.2, -0.15) is 0 Å². The summed E-state index contributed by atoms with van der Waals surface area (Å²) in [6, 6.07) is 14.2. The van der Waals surface area contributed by atoms with Crippen LogP contribution in [0.1, 0.15) is 65.3 Å². The summed E-state index contributed by atoms with van der Waals surface area (Å²) >= 11 is 0. The number of carbonyl (C=O) groups is 4. The molecule has 0 unspecified atom stereocenters. The van der Waals surface area contributed by atoms with Gasteiger partial charge in [0.1, 0.15) is 0 Å². The molecule has 0 saturated carbocycles. The van der Waals surface area contributed by atoms with Crippen LogP contribution in [0.4, 0.5) is 5.69 Å². The van der Waals surface area contributed by atoms with Crippen molar-refractivity contribution in [2.45, 2.75) is 39.0 Å². The Labute approximate surface area is 181 Å². The van der Waals surface area contributed by atoms with Crippen LogP contribution in [-0.4, -0.2) is 41.7 Å². The maximum absolute atomic E-state index is 12.3. The molecule has 7 heteroatoms. The summed E-state index contributed by atoms with van der Waals surface area (Å²) in [5, 5.41) is 2.79. The average Bonchev–Trinajstić information content (AvgIpc) is 3.02. The zero-order valence-electron chi connectivity index (χ0n) is 17.7. The van der Waals surface area contributed by atoms with Crippen LogP contribution in [0.5, 0.6) is 0 Å². The molecule has 1 aliphatic rings. The predicted molar refractivity (Wildman–Crippen MR) is 116 cm³/mol. The molecular weight excluding hydrogens is 396 g/mol. The van der Waals surface area contributed by atoms with Crippen molar-refractivity contribution >= 4 is 29.4 Å². The third kappa shape index (κ3) is 5.17. The van der Waals surface area contributed by atoms with Crippen molar-refractivity contribution in [2.24, 2.45) is 0 Å². The summed E-state index contributed by atoms with van der Waals surface area (Å²) in [7, 11) is 0. The first kappa shape index (κ1) is 22.2. The van der Waals surface area contributed by atoms with Crippen LogP contribution in [0.25, 0.3) is 0 Å². The molecule has 31 heavy (non-hydrogen) atoms. The van der Waals surface area contributed by atoms with Crippen molar-refractivity contribution in [3.05, 3.63) is 65.2 Å². The molecule has 1 N–H and O–H groups in total. The molecule has 0 aromatic heterocycles. The number of anilines is 1. The molecule has 162 valence electrons. The second kappa shape index (κ2) is 10.0. The molecule has 0 radical (unpaired) electrons. The highest BCUT2D eigenvalue weighted by atomic mass is 16.5. The molecule has 0 fully saturated rings. The minimum absolute atomic E-state index is 0.00411. The number of carbonyl (C=O) groups excluding carboxylic acids is 4. The van der Waals surface area contributed by atoms with Gasteiger partial charge < -0.3 is 10.1 Å². The zero-order chi connectivity index (χ0) is 22.4. The van der Waals surface area contributed by atoms with Crippen LogP contribution in [-0.2, 0) is 14.3 Å². The van der Waals surface area contributed by atoms with Crippen molar-refractivity contribution in [3.8, 4) is 0 Å². The highest BCUT2D eigenvalue weighted by molar-refractivity contribution is 6.21. The van der Waals surface area contributed by atoms with Gasteiger partial charge in [-0.15, -0.1) is 0 Å². The molecule has 7 nitrogen and oxygen atoms in total. The quantitative estimate of drug-likeness (QED) is 0.491. The van der Waals surface area contributed by atoms with E-state index in [1.165, 1.54) is 0 Å². The van der Waals surface area contributed by atoms with Crippen molar-refractivity contribution in [3.63, 3.8) is 0 Å².